The van der Waals surface area contributed by atoms with E-state index in [4.69, 9.17) is 4.74 Å². The van der Waals surface area contributed by atoms with E-state index in [1.54, 1.807) is 6.20 Å². The number of fused-ring (bicyclic) bond motifs is 1. The van der Waals surface area contributed by atoms with Crippen molar-refractivity contribution in [1.82, 2.24) is 25.1 Å². The Morgan fingerprint density at radius 3 is 2.92 bits per heavy atom. The van der Waals surface area contributed by atoms with Crippen molar-refractivity contribution in [2.75, 3.05) is 13.1 Å². The van der Waals surface area contributed by atoms with Crippen LogP contribution >= 0.6 is 0 Å². The minimum absolute atomic E-state index is 0.0739. The second-order valence-electron chi connectivity index (χ2n) is 6.89. The summed E-state index contributed by atoms with van der Waals surface area (Å²) in [6, 6.07) is 3.63. The number of carbonyl (C=O) groups excluding carboxylic acids is 1. The average molecular weight is 341 g/mol. The molecule has 1 aliphatic carbocycles. The summed E-state index contributed by atoms with van der Waals surface area (Å²) in [5.41, 5.74) is 2.28. The minimum atomic E-state index is 0.0739. The number of nitrogens with one attached hydrogen (secondary N) is 1. The van der Waals surface area contributed by atoms with Gasteiger partial charge in [-0.3, -0.25) is 4.79 Å². The number of piperidine rings is 1. The lowest BCUT2D eigenvalue weighted by molar-refractivity contribution is -0.137. The van der Waals surface area contributed by atoms with Crippen LogP contribution in [-0.4, -0.2) is 50.2 Å². The largest absolute Gasteiger partial charge is 0.473 e. The Kier molecular flexibility index (Phi) is 4.38. The third-order valence-electron chi connectivity index (χ3n) is 5.10. The Morgan fingerprint density at radius 2 is 2.16 bits per heavy atom. The number of H-pyrrole nitrogens is 1. The summed E-state index contributed by atoms with van der Waals surface area (Å²) >= 11 is 0. The smallest absolute Gasteiger partial charge is 0.233 e. The van der Waals surface area contributed by atoms with Gasteiger partial charge in [-0.05, 0) is 25.8 Å². The van der Waals surface area contributed by atoms with E-state index in [9.17, 15) is 4.79 Å². The van der Waals surface area contributed by atoms with Crippen LogP contribution in [-0.2, 0) is 17.6 Å². The molecule has 0 spiro atoms. The van der Waals surface area contributed by atoms with Crippen LogP contribution < -0.4 is 4.74 Å². The Balaban J connectivity index is 1.31. The molecule has 1 aliphatic heterocycles. The van der Waals surface area contributed by atoms with Crippen LogP contribution in [0.4, 0.5) is 0 Å². The molecule has 2 aromatic rings. The van der Waals surface area contributed by atoms with Crippen molar-refractivity contribution in [2.24, 2.45) is 5.92 Å². The highest BCUT2D eigenvalue weighted by Gasteiger charge is 2.32. The van der Waals surface area contributed by atoms with Gasteiger partial charge in [-0.1, -0.05) is 0 Å². The molecule has 1 N–H and O–H groups in total. The zero-order chi connectivity index (χ0) is 17.2. The monoisotopic (exact) mass is 341 g/mol. The van der Waals surface area contributed by atoms with E-state index in [0.717, 1.165) is 62.4 Å². The standard InChI is InChI=1S/C18H23N5O2/c1-12-20-15-5-4-13(11-16(15)21-12)18(24)23-9-6-14(7-10-23)25-17-3-2-8-19-22-17/h2-3,8,13-14H,4-7,9-11H2,1H3,(H,20,21)/t13-/m1/s1. The molecule has 0 bridgehead atoms. The topological polar surface area (TPSA) is 84.0 Å². The van der Waals surface area contributed by atoms with E-state index in [1.807, 2.05) is 24.0 Å². The third-order valence-corrected chi connectivity index (χ3v) is 5.10. The number of hydrogen-bond donors (Lipinski definition) is 1. The molecule has 2 aromatic heterocycles. The molecule has 1 atom stereocenters. The molecule has 4 rings (SSSR count). The van der Waals surface area contributed by atoms with Crippen LogP contribution in [0.2, 0.25) is 0 Å². The molecule has 25 heavy (non-hydrogen) atoms. The zero-order valence-corrected chi connectivity index (χ0v) is 14.4. The fourth-order valence-corrected chi connectivity index (χ4v) is 3.81. The number of aryl methyl sites for hydroxylation is 2. The van der Waals surface area contributed by atoms with Crippen LogP contribution in [0.5, 0.6) is 5.88 Å². The van der Waals surface area contributed by atoms with Crippen molar-refractivity contribution < 1.29 is 9.53 Å². The van der Waals surface area contributed by atoms with E-state index in [-0.39, 0.29) is 17.9 Å². The predicted octanol–water partition coefficient (Wildman–Crippen LogP) is 1.68. The van der Waals surface area contributed by atoms with Gasteiger partial charge in [0, 0.05) is 56.2 Å². The Bertz CT molecular complexity index is 737. The summed E-state index contributed by atoms with van der Waals surface area (Å²) in [6.45, 7) is 3.46. The lowest BCUT2D eigenvalue weighted by Gasteiger charge is -2.34. The first kappa shape index (κ1) is 16.1. The quantitative estimate of drug-likeness (QED) is 0.918. The van der Waals surface area contributed by atoms with Gasteiger partial charge in [0.15, 0.2) is 0 Å². The highest BCUT2D eigenvalue weighted by Crippen LogP contribution is 2.27. The normalized spacial score (nSPS) is 21.0. The van der Waals surface area contributed by atoms with Gasteiger partial charge in [0.05, 0.1) is 5.69 Å². The van der Waals surface area contributed by atoms with Gasteiger partial charge in [-0.2, -0.15) is 5.10 Å². The summed E-state index contributed by atoms with van der Waals surface area (Å²) in [5.74, 6) is 1.85. The first-order valence-corrected chi connectivity index (χ1v) is 8.96. The lowest BCUT2D eigenvalue weighted by atomic mass is 9.88. The highest BCUT2D eigenvalue weighted by atomic mass is 16.5. The highest BCUT2D eigenvalue weighted by molar-refractivity contribution is 5.79. The number of aromatic nitrogens is 4. The summed E-state index contributed by atoms with van der Waals surface area (Å²) in [7, 11) is 0. The van der Waals surface area contributed by atoms with Crippen LogP contribution in [0, 0.1) is 12.8 Å². The van der Waals surface area contributed by atoms with E-state index < -0.39 is 0 Å². The maximum Gasteiger partial charge on any atom is 0.233 e. The molecule has 0 aromatic carbocycles. The molecule has 0 unspecified atom stereocenters. The number of nitrogens with zero attached hydrogens (tertiary/aromatic N) is 4. The first-order chi connectivity index (χ1) is 12.2. The number of carbonyl (C=O) groups is 1. The SMILES string of the molecule is Cc1nc2c([nH]1)C[C@H](C(=O)N1CCC(Oc3cccnn3)CC1)CC2. The van der Waals surface area contributed by atoms with Crippen molar-refractivity contribution in [3.05, 3.63) is 35.5 Å². The summed E-state index contributed by atoms with van der Waals surface area (Å²) in [5, 5.41) is 7.79. The van der Waals surface area contributed by atoms with Gasteiger partial charge in [0.2, 0.25) is 11.8 Å². The second kappa shape index (κ2) is 6.82. The molecule has 7 nitrogen and oxygen atoms in total. The van der Waals surface area contributed by atoms with E-state index in [0.29, 0.717) is 5.88 Å². The van der Waals surface area contributed by atoms with Crippen molar-refractivity contribution >= 4 is 5.91 Å². The Labute approximate surface area is 146 Å². The van der Waals surface area contributed by atoms with Gasteiger partial charge >= 0.3 is 0 Å². The number of amides is 1. The van der Waals surface area contributed by atoms with Gasteiger partial charge in [0.25, 0.3) is 0 Å². The summed E-state index contributed by atoms with van der Waals surface area (Å²) in [4.78, 5) is 22.7. The molecule has 0 radical (unpaired) electrons. The maximum atomic E-state index is 12.9. The summed E-state index contributed by atoms with van der Waals surface area (Å²) < 4.78 is 5.85. The van der Waals surface area contributed by atoms with E-state index in [1.165, 1.54) is 0 Å². The maximum absolute atomic E-state index is 12.9. The molecule has 0 saturated carbocycles. The number of likely N-dealkylation sites (tertiary alicyclic amines) is 1. The molecule has 2 aliphatic rings. The number of ether oxygens (including phenoxy) is 1. The van der Waals surface area contributed by atoms with Gasteiger partial charge in [-0.25, -0.2) is 4.98 Å². The van der Waals surface area contributed by atoms with E-state index >= 15 is 0 Å². The second-order valence-corrected chi connectivity index (χ2v) is 6.89. The van der Waals surface area contributed by atoms with Crippen molar-refractivity contribution in [1.29, 1.82) is 0 Å². The van der Waals surface area contributed by atoms with Gasteiger partial charge in [-0.15, -0.1) is 5.10 Å². The van der Waals surface area contributed by atoms with Crippen LogP contribution in [0.25, 0.3) is 0 Å². The number of imidazole rings is 1. The fraction of sp³-hybridized carbons (Fsp3) is 0.556. The van der Waals surface area contributed by atoms with Crippen molar-refractivity contribution in [2.45, 2.75) is 45.1 Å². The Hall–Kier alpha value is -2.44. The molecule has 1 fully saturated rings. The molecule has 1 amide bonds. The average Bonchev–Trinajstić information content (AvgIpc) is 3.02. The van der Waals surface area contributed by atoms with Crippen LogP contribution in [0.3, 0.4) is 0 Å². The summed E-state index contributed by atoms with van der Waals surface area (Å²) in [6.07, 6.45) is 5.98. The minimum Gasteiger partial charge on any atom is -0.473 e. The lowest BCUT2D eigenvalue weighted by Crippen LogP contribution is -2.45. The van der Waals surface area contributed by atoms with Crippen molar-refractivity contribution in [3.63, 3.8) is 0 Å². The fourth-order valence-electron chi connectivity index (χ4n) is 3.81. The van der Waals surface area contributed by atoms with Crippen molar-refractivity contribution in [3.8, 4) is 5.88 Å². The Morgan fingerprint density at radius 1 is 1.32 bits per heavy atom. The number of rotatable bonds is 3. The third kappa shape index (κ3) is 3.50. The van der Waals surface area contributed by atoms with E-state index in [2.05, 4.69) is 20.2 Å². The first-order valence-electron chi connectivity index (χ1n) is 8.96. The zero-order valence-electron chi connectivity index (χ0n) is 14.4. The van der Waals surface area contributed by atoms with Crippen LogP contribution in [0.1, 0.15) is 36.5 Å². The number of hydrogen-bond acceptors (Lipinski definition) is 5. The van der Waals surface area contributed by atoms with Crippen LogP contribution in [0.15, 0.2) is 18.3 Å². The molecular weight excluding hydrogens is 318 g/mol. The molecule has 132 valence electrons. The van der Waals surface area contributed by atoms with Gasteiger partial charge < -0.3 is 14.6 Å². The molecule has 3 heterocycles. The molecule has 7 heteroatoms. The molecule has 1 saturated heterocycles. The molecular formula is C18H23N5O2. The number of aromatic amines is 1. The predicted molar refractivity (Wildman–Crippen MR) is 91.1 cm³/mol. The van der Waals surface area contributed by atoms with Gasteiger partial charge in [0.1, 0.15) is 11.9 Å².